The van der Waals surface area contributed by atoms with Crippen molar-refractivity contribution in [1.29, 1.82) is 0 Å². The minimum Gasteiger partial charge on any atom is -0.269 e. The normalized spacial score (nSPS) is 12.2. The number of halogens is 2. The van der Waals surface area contributed by atoms with Gasteiger partial charge in [0.1, 0.15) is 0 Å². The Hall–Kier alpha value is 0.930. The maximum Gasteiger partial charge on any atom is 0 e. The zero-order chi connectivity index (χ0) is 6.53. The second-order valence-corrected chi connectivity index (χ2v) is 2.41. The number of unbranched alkanes of at least 4 members (excludes halogenated alkanes) is 1. The molecular formula is C9H15Cl2Hf-. The van der Waals surface area contributed by atoms with Gasteiger partial charge in [-0.25, -0.2) is 11.6 Å². The summed E-state index contributed by atoms with van der Waals surface area (Å²) in [4.78, 5) is 0. The van der Waals surface area contributed by atoms with Crippen LogP contribution in [0.1, 0.15) is 32.6 Å². The largest absolute Gasteiger partial charge is 0.269 e. The fourth-order valence-electron chi connectivity index (χ4n) is 0.989. The van der Waals surface area contributed by atoms with Gasteiger partial charge in [-0.3, -0.25) is 6.08 Å². The van der Waals surface area contributed by atoms with Crippen LogP contribution in [0.5, 0.6) is 0 Å². The van der Waals surface area contributed by atoms with Crippen LogP contribution < -0.4 is 0 Å². The van der Waals surface area contributed by atoms with Gasteiger partial charge in [0, 0.05) is 25.8 Å². The third kappa shape index (κ3) is 7.57. The van der Waals surface area contributed by atoms with Crippen molar-refractivity contribution in [2.75, 3.05) is 0 Å². The predicted octanol–water partition coefficient (Wildman–Crippen LogP) is 3.71. The Balaban J connectivity index is -0.000000270. The maximum atomic E-state index is 3.30. The van der Waals surface area contributed by atoms with Crippen molar-refractivity contribution >= 4 is 24.8 Å². The Kier molecular flexibility index (Phi) is 18.6. The minimum absolute atomic E-state index is 0. The third-order valence-corrected chi connectivity index (χ3v) is 1.57. The van der Waals surface area contributed by atoms with E-state index in [2.05, 4.69) is 25.2 Å². The quantitative estimate of drug-likeness (QED) is 0.523. The molecule has 0 aliphatic heterocycles. The first-order valence-electron chi connectivity index (χ1n) is 3.69. The Morgan fingerprint density at radius 3 is 2.50 bits per heavy atom. The van der Waals surface area contributed by atoms with Crippen LogP contribution in [-0.2, 0) is 25.8 Å². The molecule has 0 aromatic carbocycles. The van der Waals surface area contributed by atoms with Crippen molar-refractivity contribution in [3.05, 3.63) is 23.8 Å². The van der Waals surface area contributed by atoms with Gasteiger partial charge in [0.2, 0.25) is 0 Å². The van der Waals surface area contributed by atoms with Crippen molar-refractivity contribution in [3.63, 3.8) is 0 Å². The molecule has 0 bridgehead atoms. The summed E-state index contributed by atoms with van der Waals surface area (Å²) in [7, 11) is 0. The fraction of sp³-hybridized carbons (Fsp3) is 0.556. The molecule has 0 aromatic rings. The van der Waals surface area contributed by atoms with E-state index in [0.717, 1.165) is 6.42 Å². The monoisotopic (exact) mass is 373 g/mol. The summed E-state index contributed by atoms with van der Waals surface area (Å²) < 4.78 is 0. The first-order chi connectivity index (χ1) is 4.43. The molecule has 0 spiro atoms. The summed E-state index contributed by atoms with van der Waals surface area (Å²) in [5.74, 6) is 0. The van der Waals surface area contributed by atoms with E-state index in [1.54, 1.807) is 0 Å². The van der Waals surface area contributed by atoms with Crippen LogP contribution in [0.2, 0.25) is 0 Å². The predicted molar refractivity (Wildman–Crippen MR) is 54.5 cm³/mol. The van der Waals surface area contributed by atoms with Crippen molar-refractivity contribution < 1.29 is 25.8 Å². The van der Waals surface area contributed by atoms with E-state index in [4.69, 9.17) is 0 Å². The van der Waals surface area contributed by atoms with E-state index in [-0.39, 0.29) is 50.7 Å². The van der Waals surface area contributed by atoms with Gasteiger partial charge >= 0.3 is 0 Å². The molecule has 0 nitrogen and oxygen atoms in total. The van der Waals surface area contributed by atoms with Gasteiger partial charge in [-0.1, -0.05) is 26.2 Å². The second-order valence-electron chi connectivity index (χ2n) is 2.41. The van der Waals surface area contributed by atoms with Crippen molar-refractivity contribution in [3.8, 4) is 0 Å². The van der Waals surface area contributed by atoms with Crippen LogP contribution in [0.15, 0.2) is 17.7 Å². The zero-order valence-corrected chi connectivity index (χ0v) is 12.5. The smallest absolute Gasteiger partial charge is 0 e. The molecule has 0 aromatic heterocycles. The summed E-state index contributed by atoms with van der Waals surface area (Å²) in [5.41, 5.74) is 1.41. The molecule has 3 heteroatoms. The van der Waals surface area contributed by atoms with Crippen LogP contribution in [0.4, 0.5) is 0 Å². The van der Waals surface area contributed by atoms with E-state index in [1.165, 1.54) is 24.8 Å². The van der Waals surface area contributed by atoms with Crippen LogP contribution >= 0.6 is 24.8 Å². The summed E-state index contributed by atoms with van der Waals surface area (Å²) in [6.07, 6.45) is 12.5. The van der Waals surface area contributed by atoms with Crippen LogP contribution in [0, 0.1) is 6.08 Å². The third-order valence-electron chi connectivity index (χ3n) is 1.57. The fourth-order valence-corrected chi connectivity index (χ4v) is 0.989. The Morgan fingerprint density at radius 1 is 1.42 bits per heavy atom. The Labute approximate surface area is 106 Å². The molecule has 0 N–H and O–H groups in total. The number of rotatable bonds is 3. The molecule has 0 atom stereocenters. The van der Waals surface area contributed by atoms with Crippen molar-refractivity contribution in [1.82, 2.24) is 0 Å². The first kappa shape index (κ1) is 18.7. The van der Waals surface area contributed by atoms with Crippen LogP contribution in [0.25, 0.3) is 0 Å². The molecule has 0 heterocycles. The van der Waals surface area contributed by atoms with Crippen LogP contribution in [-0.4, -0.2) is 0 Å². The average molecular weight is 373 g/mol. The molecule has 0 fully saturated rings. The maximum absolute atomic E-state index is 3.30. The van der Waals surface area contributed by atoms with Gasteiger partial charge in [-0.15, -0.1) is 31.2 Å². The standard InChI is InChI=1S/C9H13.2ClH.Hf/c1-2-3-6-9-7-4-5-8-9;;;/h4,7H,2-3,5-6H2,1H3;2*1H;/q-1;;;. The summed E-state index contributed by atoms with van der Waals surface area (Å²) in [6, 6.07) is 0. The van der Waals surface area contributed by atoms with E-state index in [9.17, 15) is 0 Å². The molecule has 1 rings (SSSR count). The van der Waals surface area contributed by atoms with Gasteiger partial charge in [-0.2, -0.15) is 6.08 Å². The SMILES string of the molecule is CCCCC1=[C-]CC=C1.Cl.Cl.[Hf]. The average Bonchev–Trinajstić information content (AvgIpc) is 2.34. The number of allylic oxidation sites excluding steroid dienone is 4. The summed E-state index contributed by atoms with van der Waals surface area (Å²) >= 11 is 0. The molecule has 0 saturated heterocycles. The second kappa shape index (κ2) is 11.9. The van der Waals surface area contributed by atoms with Crippen molar-refractivity contribution in [2.45, 2.75) is 32.6 Å². The molecule has 70 valence electrons. The molecule has 0 amide bonds. The molecule has 0 radical (unpaired) electrons. The molecule has 1 aliphatic carbocycles. The van der Waals surface area contributed by atoms with E-state index in [0.29, 0.717) is 0 Å². The van der Waals surface area contributed by atoms with Gasteiger partial charge in [0.15, 0.2) is 0 Å². The Morgan fingerprint density at radius 2 is 2.08 bits per heavy atom. The minimum atomic E-state index is 0. The van der Waals surface area contributed by atoms with Gasteiger partial charge in [0.05, 0.1) is 0 Å². The van der Waals surface area contributed by atoms with Gasteiger partial charge in [0.25, 0.3) is 0 Å². The summed E-state index contributed by atoms with van der Waals surface area (Å²) in [6.45, 7) is 2.22. The topological polar surface area (TPSA) is 0 Å². The molecular weight excluding hydrogens is 357 g/mol. The van der Waals surface area contributed by atoms with Crippen LogP contribution in [0.3, 0.4) is 0 Å². The van der Waals surface area contributed by atoms with Gasteiger partial charge < -0.3 is 0 Å². The molecule has 1 aliphatic rings. The summed E-state index contributed by atoms with van der Waals surface area (Å²) in [5, 5.41) is 0. The molecule has 0 saturated carbocycles. The number of hydrogen-bond acceptors (Lipinski definition) is 0. The van der Waals surface area contributed by atoms with Crippen molar-refractivity contribution in [2.24, 2.45) is 0 Å². The van der Waals surface area contributed by atoms with Gasteiger partial charge in [-0.05, 0) is 0 Å². The van der Waals surface area contributed by atoms with E-state index in [1.807, 2.05) is 0 Å². The molecule has 0 unspecified atom stereocenters. The van der Waals surface area contributed by atoms with E-state index >= 15 is 0 Å². The van der Waals surface area contributed by atoms with E-state index < -0.39 is 0 Å². The Bertz CT molecular complexity index is 141. The zero-order valence-electron chi connectivity index (χ0n) is 7.30. The molecule has 12 heavy (non-hydrogen) atoms. The first-order valence-corrected chi connectivity index (χ1v) is 3.69. The number of hydrogen-bond donors (Lipinski definition) is 0.